The van der Waals surface area contributed by atoms with Crippen molar-refractivity contribution in [3.05, 3.63) is 18.7 Å². The molecule has 0 aromatic carbocycles. The average Bonchev–Trinajstić information content (AvgIpc) is 2.73. The Morgan fingerprint density at radius 3 is 2.76 bits per heavy atom. The maximum atomic E-state index is 11.5. The standard InChI is InChI=1S/C12H22N4O/c1-12(2,3)15-9-11(17)14-5-4-7-16-8-6-13-10-16/h6,8,10,15H,4-5,7,9H2,1-3H3,(H,14,17). The third kappa shape index (κ3) is 6.73. The minimum Gasteiger partial charge on any atom is -0.355 e. The molecule has 1 amide bonds. The monoisotopic (exact) mass is 238 g/mol. The molecule has 0 radical (unpaired) electrons. The second-order valence-electron chi connectivity index (χ2n) is 5.11. The first-order chi connectivity index (χ1) is 7.97. The molecule has 0 saturated heterocycles. The Balaban J connectivity index is 2.04. The number of imidazole rings is 1. The topological polar surface area (TPSA) is 59.0 Å². The van der Waals surface area contributed by atoms with E-state index in [4.69, 9.17) is 0 Å². The molecule has 2 N–H and O–H groups in total. The summed E-state index contributed by atoms with van der Waals surface area (Å²) in [7, 11) is 0. The molecule has 0 aliphatic carbocycles. The zero-order valence-corrected chi connectivity index (χ0v) is 10.9. The fourth-order valence-corrected chi connectivity index (χ4v) is 1.32. The first-order valence-corrected chi connectivity index (χ1v) is 5.95. The van der Waals surface area contributed by atoms with E-state index in [0.717, 1.165) is 13.0 Å². The number of aromatic nitrogens is 2. The highest BCUT2D eigenvalue weighted by Gasteiger charge is 2.10. The largest absolute Gasteiger partial charge is 0.355 e. The summed E-state index contributed by atoms with van der Waals surface area (Å²) in [5.41, 5.74) is -0.0197. The number of aryl methyl sites for hydroxylation is 1. The molecule has 0 unspecified atom stereocenters. The van der Waals surface area contributed by atoms with Crippen LogP contribution in [0.5, 0.6) is 0 Å². The van der Waals surface area contributed by atoms with Gasteiger partial charge in [0, 0.05) is 31.0 Å². The molecule has 0 atom stereocenters. The van der Waals surface area contributed by atoms with Crippen molar-refractivity contribution in [3.63, 3.8) is 0 Å². The van der Waals surface area contributed by atoms with Crippen LogP contribution in [0.15, 0.2) is 18.7 Å². The van der Waals surface area contributed by atoms with Gasteiger partial charge in [-0.05, 0) is 27.2 Å². The number of nitrogens with zero attached hydrogens (tertiary/aromatic N) is 2. The van der Waals surface area contributed by atoms with Crippen molar-refractivity contribution in [2.75, 3.05) is 13.1 Å². The van der Waals surface area contributed by atoms with Gasteiger partial charge in [0.25, 0.3) is 0 Å². The van der Waals surface area contributed by atoms with Gasteiger partial charge in [0.2, 0.25) is 5.91 Å². The van der Waals surface area contributed by atoms with E-state index < -0.39 is 0 Å². The molecule has 0 aliphatic rings. The molecule has 0 spiro atoms. The minimum atomic E-state index is -0.0197. The quantitative estimate of drug-likeness (QED) is 0.720. The van der Waals surface area contributed by atoms with Crippen LogP contribution < -0.4 is 10.6 Å². The highest BCUT2D eigenvalue weighted by atomic mass is 16.1. The van der Waals surface area contributed by atoms with Gasteiger partial charge in [-0.3, -0.25) is 4.79 Å². The molecule has 5 nitrogen and oxygen atoms in total. The van der Waals surface area contributed by atoms with E-state index in [1.807, 2.05) is 31.5 Å². The third-order valence-electron chi connectivity index (χ3n) is 2.25. The van der Waals surface area contributed by atoms with E-state index >= 15 is 0 Å². The van der Waals surface area contributed by atoms with Gasteiger partial charge in [-0.2, -0.15) is 0 Å². The van der Waals surface area contributed by atoms with Crippen LogP contribution in [-0.4, -0.2) is 34.1 Å². The first kappa shape index (κ1) is 13.7. The van der Waals surface area contributed by atoms with Crippen LogP contribution in [0.4, 0.5) is 0 Å². The first-order valence-electron chi connectivity index (χ1n) is 5.95. The van der Waals surface area contributed by atoms with E-state index in [9.17, 15) is 4.79 Å². The molecule has 0 saturated carbocycles. The van der Waals surface area contributed by atoms with Crippen LogP contribution in [-0.2, 0) is 11.3 Å². The summed E-state index contributed by atoms with van der Waals surface area (Å²) >= 11 is 0. The Hall–Kier alpha value is -1.36. The zero-order chi connectivity index (χ0) is 12.7. The van der Waals surface area contributed by atoms with E-state index in [0.29, 0.717) is 13.1 Å². The average molecular weight is 238 g/mol. The number of hydrogen-bond donors (Lipinski definition) is 2. The molecule has 17 heavy (non-hydrogen) atoms. The van der Waals surface area contributed by atoms with Crippen molar-refractivity contribution in [1.82, 2.24) is 20.2 Å². The van der Waals surface area contributed by atoms with Crippen molar-refractivity contribution in [1.29, 1.82) is 0 Å². The molecule has 1 rings (SSSR count). The molecule has 96 valence electrons. The van der Waals surface area contributed by atoms with Gasteiger partial charge >= 0.3 is 0 Å². The summed E-state index contributed by atoms with van der Waals surface area (Å²) in [6.07, 6.45) is 6.37. The lowest BCUT2D eigenvalue weighted by Gasteiger charge is -2.19. The summed E-state index contributed by atoms with van der Waals surface area (Å²) in [5, 5.41) is 6.03. The van der Waals surface area contributed by atoms with E-state index in [1.54, 1.807) is 12.5 Å². The van der Waals surface area contributed by atoms with Gasteiger partial charge in [-0.25, -0.2) is 4.98 Å². The molecule has 0 fully saturated rings. The number of nitrogens with one attached hydrogen (secondary N) is 2. The number of amides is 1. The number of rotatable bonds is 6. The predicted octanol–water partition coefficient (Wildman–Crippen LogP) is 0.777. The molecular weight excluding hydrogens is 216 g/mol. The highest BCUT2D eigenvalue weighted by Crippen LogP contribution is 1.96. The van der Waals surface area contributed by atoms with Crippen LogP contribution in [0.25, 0.3) is 0 Å². The minimum absolute atomic E-state index is 0.0197. The Labute approximate surface area is 103 Å². The lowest BCUT2D eigenvalue weighted by Crippen LogP contribution is -2.43. The molecular formula is C12H22N4O. The summed E-state index contributed by atoms with van der Waals surface area (Å²) in [6, 6.07) is 0. The van der Waals surface area contributed by atoms with Crippen LogP contribution >= 0.6 is 0 Å². The van der Waals surface area contributed by atoms with Gasteiger partial charge in [-0.1, -0.05) is 0 Å². The third-order valence-corrected chi connectivity index (χ3v) is 2.25. The Morgan fingerprint density at radius 2 is 2.18 bits per heavy atom. The van der Waals surface area contributed by atoms with Crippen LogP contribution in [0, 0.1) is 0 Å². The fraction of sp³-hybridized carbons (Fsp3) is 0.667. The Morgan fingerprint density at radius 1 is 1.41 bits per heavy atom. The SMILES string of the molecule is CC(C)(C)NCC(=O)NCCCn1ccnc1. The summed E-state index contributed by atoms with van der Waals surface area (Å²) in [4.78, 5) is 15.4. The highest BCUT2D eigenvalue weighted by molar-refractivity contribution is 5.78. The fourth-order valence-electron chi connectivity index (χ4n) is 1.32. The molecule has 1 heterocycles. The van der Waals surface area contributed by atoms with Crippen molar-refractivity contribution < 1.29 is 4.79 Å². The van der Waals surface area contributed by atoms with Crippen LogP contribution in [0.3, 0.4) is 0 Å². The van der Waals surface area contributed by atoms with Gasteiger partial charge in [0.1, 0.15) is 0 Å². The van der Waals surface area contributed by atoms with Gasteiger partial charge in [0.15, 0.2) is 0 Å². The summed E-state index contributed by atoms with van der Waals surface area (Å²) in [5.74, 6) is 0.0468. The van der Waals surface area contributed by atoms with Gasteiger partial charge < -0.3 is 15.2 Å². The molecule has 1 aromatic heterocycles. The summed E-state index contributed by atoms with van der Waals surface area (Å²) < 4.78 is 2.00. The number of hydrogen-bond acceptors (Lipinski definition) is 3. The normalized spacial score (nSPS) is 11.5. The lowest BCUT2D eigenvalue weighted by atomic mass is 10.1. The molecule has 0 aliphatic heterocycles. The second kappa shape index (κ2) is 6.39. The summed E-state index contributed by atoms with van der Waals surface area (Å²) in [6.45, 7) is 8.07. The Kier molecular flexibility index (Phi) is 5.15. The van der Waals surface area contributed by atoms with Gasteiger partial charge in [-0.15, -0.1) is 0 Å². The van der Waals surface area contributed by atoms with Crippen molar-refractivity contribution in [2.24, 2.45) is 0 Å². The van der Waals surface area contributed by atoms with Crippen molar-refractivity contribution in [2.45, 2.75) is 39.3 Å². The predicted molar refractivity (Wildman–Crippen MR) is 67.6 cm³/mol. The number of carbonyl (C=O) groups excluding carboxylic acids is 1. The maximum Gasteiger partial charge on any atom is 0.233 e. The van der Waals surface area contributed by atoms with E-state index in [-0.39, 0.29) is 11.4 Å². The van der Waals surface area contributed by atoms with Gasteiger partial charge in [0.05, 0.1) is 12.9 Å². The second-order valence-corrected chi connectivity index (χ2v) is 5.11. The van der Waals surface area contributed by atoms with Crippen molar-refractivity contribution in [3.8, 4) is 0 Å². The van der Waals surface area contributed by atoms with Crippen LogP contribution in [0.2, 0.25) is 0 Å². The van der Waals surface area contributed by atoms with E-state index in [2.05, 4.69) is 15.6 Å². The van der Waals surface area contributed by atoms with Crippen LogP contribution in [0.1, 0.15) is 27.2 Å². The zero-order valence-electron chi connectivity index (χ0n) is 10.9. The molecule has 5 heteroatoms. The molecule has 1 aromatic rings. The number of carbonyl (C=O) groups is 1. The smallest absolute Gasteiger partial charge is 0.233 e. The maximum absolute atomic E-state index is 11.5. The van der Waals surface area contributed by atoms with Crippen molar-refractivity contribution >= 4 is 5.91 Å². The lowest BCUT2D eigenvalue weighted by molar-refractivity contribution is -0.120. The Bertz CT molecular complexity index is 327. The molecule has 0 bridgehead atoms. The van der Waals surface area contributed by atoms with E-state index in [1.165, 1.54) is 0 Å².